The van der Waals surface area contributed by atoms with Crippen molar-refractivity contribution in [3.8, 4) is 5.75 Å². The number of methoxy groups -OCH3 is 1. The summed E-state index contributed by atoms with van der Waals surface area (Å²) in [5.74, 6) is -2.76. The van der Waals surface area contributed by atoms with Gasteiger partial charge in [0.2, 0.25) is 0 Å². The van der Waals surface area contributed by atoms with Gasteiger partial charge in [0.15, 0.2) is 0 Å². The third kappa shape index (κ3) is 2.78. The highest BCUT2D eigenvalue weighted by molar-refractivity contribution is 5.52. The number of aryl methyl sites for hydroxylation is 1. The fourth-order valence-electron chi connectivity index (χ4n) is 1.58. The van der Waals surface area contributed by atoms with Crippen LogP contribution in [-0.4, -0.2) is 13.4 Å². The van der Waals surface area contributed by atoms with Crippen LogP contribution in [0.1, 0.15) is 24.5 Å². The Morgan fingerprint density at radius 2 is 2.12 bits per heavy atom. The zero-order valence-electron chi connectivity index (χ0n) is 9.30. The third-order valence-corrected chi connectivity index (χ3v) is 2.31. The van der Waals surface area contributed by atoms with Gasteiger partial charge in [-0.15, -0.1) is 0 Å². The fourth-order valence-corrected chi connectivity index (χ4v) is 1.58. The number of halogens is 2. The van der Waals surface area contributed by atoms with E-state index in [1.807, 2.05) is 0 Å². The predicted molar refractivity (Wildman–Crippen MR) is 56.9 cm³/mol. The fraction of sp³-hybridized carbons (Fsp3) is 0.417. The van der Waals surface area contributed by atoms with Gasteiger partial charge in [-0.3, -0.25) is 0 Å². The molecule has 88 valence electrons. The quantitative estimate of drug-likeness (QED) is 0.724. The number of carbonyl (C=O) groups excluding carboxylic acids is 1. The number of rotatable bonds is 5. The molecule has 0 saturated heterocycles. The van der Waals surface area contributed by atoms with E-state index >= 15 is 0 Å². The average Bonchev–Trinajstić information content (AvgIpc) is 2.24. The maximum Gasteiger partial charge on any atom is 0.274 e. The zero-order chi connectivity index (χ0) is 12.2. The number of para-hydroxylation sites is 1. The molecule has 0 aliphatic heterocycles. The van der Waals surface area contributed by atoms with Crippen LogP contribution in [0.2, 0.25) is 0 Å². The molecule has 4 heteroatoms. The van der Waals surface area contributed by atoms with Crippen LogP contribution < -0.4 is 4.74 Å². The molecule has 0 bridgehead atoms. The van der Waals surface area contributed by atoms with Gasteiger partial charge >= 0.3 is 0 Å². The number of benzene rings is 1. The Morgan fingerprint density at radius 3 is 2.62 bits per heavy atom. The van der Waals surface area contributed by atoms with Gasteiger partial charge in [-0.1, -0.05) is 12.1 Å². The van der Waals surface area contributed by atoms with Crippen molar-refractivity contribution in [2.24, 2.45) is 0 Å². The van der Waals surface area contributed by atoms with Crippen LogP contribution in [0.4, 0.5) is 8.78 Å². The molecule has 1 rings (SSSR count). The van der Waals surface area contributed by atoms with E-state index in [1.165, 1.54) is 13.2 Å². The smallest absolute Gasteiger partial charge is 0.274 e. The molecule has 0 fully saturated rings. The van der Waals surface area contributed by atoms with E-state index in [9.17, 15) is 13.6 Å². The third-order valence-electron chi connectivity index (χ3n) is 2.31. The summed E-state index contributed by atoms with van der Waals surface area (Å²) in [6.07, 6.45) is 1.47. The summed E-state index contributed by atoms with van der Waals surface area (Å²) in [7, 11) is 1.36. The number of hydrogen-bond acceptors (Lipinski definition) is 2. The normalized spacial score (nSPS) is 11.2. The molecule has 0 saturated carbocycles. The molecule has 1 aromatic rings. The standard InChI is InChI=1S/C12H14F2O2/c1-12(13,14)10-7-3-5-9(6-4-8-15)11(10)16-2/h3,5,7-8H,4,6H2,1-2H3. The maximum absolute atomic E-state index is 13.3. The highest BCUT2D eigenvalue weighted by Crippen LogP contribution is 2.36. The topological polar surface area (TPSA) is 26.3 Å². The zero-order valence-corrected chi connectivity index (χ0v) is 9.30. The Hall–Kier alpha value is -1.45. The van der Waals surface area contributed by atoms with Crippen LogP contribution in [0, 0.1) is 0 Å². The van der Waals surface area contributed by atoms with Crippen LogP contribution in [0.15, 0.2) is 18.2 Å². The van der Waals surface area contributed by atoms with E-state index in [0.29, 0.717) is 18.4 Å². The van der Waals surface area contributed by atoms with Crippen molar-refractivity contribution in [2.45, 2.75) is 25.7 Å². The maximum atomic E-state index is 13.3. The number of carbonyl (C=O) groups is 1. The van der Waals surface area contributed by atoms with E-state index in [-0.39, 0.29) is 11.3 Å². The summed E-state index contributed by atoms with van der Waals surface area (Å²) < 4.78 is 31.5. The number of aldehydes is 1. The molecule has 0 atom stereocenters. The van der Waals surface area contributed by atoms with E-state index in [0.717, 1.165) is 13.2 Å². The van der Waals surface area contributed by atoms with Crippen molar-refractivity contribution in [1.82, 2.24) is 0 Å². The molecule has 1 aromatic carbocycles. The second-order valence-corrected chi connectivity index (χ2v) is 3.59. The molecule has 2 nitrogen and oxygen atoms in total. The van der Waals surface area contributed by atoms with Gasteiger partial charge in [-0.05, 0) is 18.1 Å². The van der Waals surface area contributed by atoms with Gasteiger partial charge in [0.1, 0.15) is 12.0 Å². The number of ether oxygens (including phenoxy) is 1. The first-order chi connectivity index (χ1) is 7.50. The Labute approximate surface area is 93.2 Å². The second-order valence-electron chi connectivity index (χ2n) is 3.59. The second kappa shape index (κ2) is 5.05. The first-order valence-corrected chi connectivity index (χ1v) is 4.98. The molecule has 0 amide bonds. The lowest BCUT2D eigenvalue weighted by Gasteiger charge is -2.17. The summed E-state index contributed by atoms with van der Waals surface area (Å²) >= 11 is 0. The summed E-state index contributed by atoms with van der Waals surface area (Å²) in [5, 5.41) is 0. The molecule has 0 spiro atoms. The van der Waals surface area contributed by atoms with Crippen LogP contribution in [-0.2, 0) is 17.1 Å². The lowest BCUT2D eigenvalue weighted by molar-refractivity contribution is -0.107. The molecule has 0 aliphatic carbocycles. The Bertz CT molecular complexity index is 370. The van der Waals surface area contributed by atoms with Gasteiger partial charge in [-0.25, -0.2) is 8.78 Å². The minimum atomic E-state index is -2.94. The lowest BCUT2D eigenvalue weighted by Crippen LogP contribution is -2.10. The van der Waals surface area contributed by atoms with Crippen LogP contribution in [0.25, 0.3) is 0 Å². The Balaban J connectivity index is 3.15. The van der Waals surface area contributed by atoms with E-state index in [2.05, 4.69) is 0 Å². The average molecular weight is 228 g/mol. The first-order valence-electron chi connectivity index (χ1n) is 4.98. The molecule has 0 aromatic heterocycles. The molecular weight excluding hydrogens is 214 g/mol. The summed E-state index contributed by atoms with van der Waals surface area (Å²) in [6.45, 7) is 0.828. The molecule has 0 heterocycles. The molecule has 16 heavy (non-hydrogen) atoms. The van der Waals surface area contributed by atoms with Gasteiger partial charge in [-0.2, -0.15) is 0 Å². The SMILES string of the molecule is COc1c(CCC=O)cccc1C(C)(F)F. The van der Waals surface area contributed by atoms with Gasteiger partial charge in [0.25, 0.3) is 5.92 Å². The van der Waals surface area contributed by atoms with Crippen molar-refractivity contribution < 1.29 is 18.3 Å². The van der Waals surface area contributed by atoms with Crippen LogP contribution in [0.5, 0.6) is 5.75 Å². The van der Waals surface area contributed by atoms with Crippen molar-refractivity contribution in [2.75, 3.05) is 7.11 Å². The van der Waals surface area contributed by atoms with E-state index < -0.39 is 5.92 Å². The number of hydrogen-bond donors (Lipinski definition) is 0. The Kier molecular flexibility index (Phi) is 3.99. The minimum Gasteiger partial charge on any atom is -0.496 e. The summed E-state index contributed by atoms with van der Waals surface area (Å²) in [6, 6.07) is 4.58. The first kappa shape index (κ1) is 12.6. The molecule has 0 N–H and O–H groups in total. The summed E-state index contributed by atoms with van der Waals surface area (Å²) in [5.41, 5.74) is 0.493. The monoisotopic (exact) mass is 228 g/mol. The van der Waals surface area contributed by atoms with E-state index in [1.54, 1.807) is 12.1 Å². The van der Waals surface area contributed by atoms with Gasteiger partial charge in [0.05, 0.1) is 12.7 Å². The number of alkyl halides is 2. The molecule has 0 aliphatic rings. The van der Waals surface area contributed by atoms with Crippen LogP contribution in [0.3, 0.4) is 0 Å². The molecule has 0 unspecified atom stereocenters. The lowest BCUT2D eigenvalue weighted by atomic mass is 10.0. The minimum absolute atomic E-state index is 0.140. The van der Waals surface area contributed by atoms with Crippen molar-refractivity contribution in [1.29, 1.82) is 0 Å². The van der Waals surface area contributed by atoms with Crippen molar-refractivity contribution in [3.05, 3.63) is 29.3 Å². The van der Waals surface area contributed by atoms with Crippen molar-refractivity contribution >= 4 is 6.29 Å². The largest absolute Gasteiger partial charge is 0.496 e. The van der Waals surface area contributed by atoms with Gasteiger partial charge in [0, 0.05) is 13.3 Å². The van der Waals surface area contributed by atoms with E-state index in [4.69, 9.17) is 4.74 Å². The van der Waals surface area contributed by atoms with Gasteiger partial charge < -0.3 is 9.53 Å². The highest BCUT2D eigenvalue weighted by Gasteiger charge is 2.29. The Morgan fingerprint density at radius 1 is 1.44 bits per heavy atom. The molecular formula is C12H14F2O2. The summed E-state index contributed by atoms with van der Waals surface area (Å²) in [4.78, 5) is 10.3. The predicted octanol–water partition coefficient (Wildman–Crippen LogP) is 2.94. The highest BCUT2D eigenvalue weighted by atomic mass is 19.3. The van der Waals surface area contributed by atoms with Crippen LogP contribution >= 0.6 is 0 Å². The molecule has 0 radical (unpaired) electrons. The van der Waals surface area contributed by atoms with Crippen molar-refractivity contribution in [3.63, 3.8) is 0 Å².